The number of pyridine rings is 1. The third-order valence-electron chi connectivity index (χ3n) is 9.21. The summed E-state index contributed by atoms with van der Waals surface area (Å²) in [5.74, 6) is 1.80. The van der Waals surface area contributed by atoms with E-state index in [0.29, 0.717) is 39.2 Å². The predicted octanol–water partition coefficient (Wildman–Crippen LogP) is 16.3. The molecular weight excluding hydrogens is 847 g/mol. The smallest absolute Gasteiger partial charge is 0.258 e. The summed E-state index contributed by atoms with van der Waals surface area (Å²) in [7, 11) is 4.84. The monoisotopic (exact) mass is 920 g/mol. The van der Waals surface area contributed by atoms with Gasteiger partial charge in [-0.15, -0.1) is 0 Å². The van der Waals surface area contributed by atoms with Gasteiger partial charge in [0.1, 0.15) is 28.1 Å². The van der Waals surface area contributed by atoms with Crippen molar-refractivity contribution in [2.75, 3.05) is 14.2 Å². The molecule has 0 saturated heterocycles. The molecule has 3 aromatic heterocycles. The van der Waals surface area contributed by atoms with Crippen LogP contribution in [0.2, 0.25) is 0 Å². The Morgan fingerprint density at radius 2 is 0.912 bits per heavy atom. The Balaban J connectivity index is 0.000000458. The number of nitrogens with zero attached hydrogens (tertiary/aromatic N) is 1. The van der Waals surface area contributed by atoms with E-state index in [2.05, 4.69) is 6.07 Å². The van der Waals surface area contributed by atoms with Gasteiger partial charge in [0.05, 0.1) is 25.3 Å². The van der Waals surface area contributed by atoms with Crippen molar-refractivity contribution in [1.82, 2.24) is 4.57 Å². The lowest BCUT2D eigenvalue weighted by atomic mass is 10.1. The number of methoxy groups -OCH3 is 2. The third-order valence-corrected chi connectivity index (χ3v) is 9.21. The van der Waals surface area contributed by atoms with Gasteiger partial charge in [-0.2, -0.15) is 0 Å². The summed E-state index contributed by atoms with van der Waals surface area (Å²) in [5.41, 5.74) is 4.60. The number of aromatic nitrogens is 1. The first-order valence-corrected chi connectivity index (χ1v) is 23.8. The molecule has 68 heavy (non-hydrogen) atoms. The minimum atomic E-state index is -0.150. The zero-order valence-electron chi connectivity index (χ0n) is 43.0. The average molecular weight is 920 g/mol. The maximum absolute atomic E-state index is 12.4. The van der Waals surface area contributed by atoms with Gasteiger partial charge in [-0.25, -0.2) is 0 Å². The molecule has 0 unspecified atom stereocenters. The summed E-state index contributed by atoms with van der Waals surface area (Å²) < 4.78 is 23.7. The van der Waals surface area contributed by atoms with E-state index in [-0.39, 0.29) is 22.2 Å². The second-order valence-corrected chi connectivity index (χ2v) is 12.7. The van der Waals surface area contributed by atoms with Crippen molar-refractivity contribution in [3.8, 4) is 45.4 Å². The van der Waals surface area contributed by atoms with Crippen molar-refractivity contribution >= 4 is 32.7 Å². The van der Waals surface area contributed by atoms with Gasteiger partial charge in [0.2, 0.25) is 11.2 Å². The Hall–Kier alpha value is -7.45. The normalized spacial score (nSPS) is 9.28. The van der Waals surface area contributed by atoms with Crippen LogP contribution in [0, 0.1) is 0 Å². The lowest BCUT2D eigenvalue weighted by Gasteiger charge is -2.10. The molecule has 0 bridgehead atoms. The van der Waals surface area contributed by atoms with Crippen LogP contribution in [0.15, 0.2) is 193 Å². The van der Waals surface area contributed by atoms with Crippen molar-refractivity contribution in [3.63, 3.8) is 0 Å². The van der Waals surface area contributed by atoms with E-state index < -0.39 is 0 Å². The zero-order valence-corrected chi connectivity index (χ0v) is 43.0. The summed E-state index contributed by atoms with van der Waals surface area (Å²) in [6.45, 7) is 24.0. The Morgan fingerprint density at radius 3 is 1.46 bits per heavy atom. The van der Waals surface area contributed by atoms with E-state index in [1.165, 1.54) is 13.2 Å². The number of fused-ring (bicyclic) bond motifs is 3. The van der Waals surface area contributed by atoms with E-state index >= 15 is 0 Å². The average Bonchev–Trinajstić information content (AvgIpc) is 3.44. The molecule has 0 saturated carbocycles. The Morgan fingerprint density at radius 1 is 0.441 bits per heavy atom. The summed E-state index contributed by atoms with van der Waals surface area (Å²) in [6, 6.07) is 52.7. The van der Waals surface area contributed by atoms with Gasteiger partial charge in [-0.05, 0) is 47.3 Å². The van der Waals surface area contributed by atoms with E-state index in [9.17, 15) is 14.4 Å². The van der Waals surface area contributed by atoms with E-state index in [1.54, 1.807) is 48.1 Å². The molecule has 0 fully saturated rings. The molecule has 0 atom stereocenters. The number of para-hydroxylation sites is 1. The molecule has 0 aliphatic carbocycles. The summed E-state index contributed by atoms with van der Waals surface area (Å²) in [5, 5.41) is 2.75. The molecule has 0 radical (unpaired) electrons. The highest BCUT2D eigenvalue weighted by Gasteiger charge is 2.16. The first-order valence-electron chi connectivity index (χ1n) is 23.8. The molecular formula is C60H73NO7. The number of ether oxygens (including phenoxy) is 2. The van der Waals surface area contributed by atoms with Gasteiger partial charge < -0.3 is 22.9 Å². The topological polar surface area (TPSA) is 101 Å². The zero-order chi connectivity index (χ0) is 51.0. The SMILES string of the molecule is CC.CC.CC.CC.CC.CC.COc1c(-c2ccccc2)oc2ccccc2c1=O.COc1cccc2oc(-c3ccccc3)cc(=O)c12.Cn1c(-c2ccccc2)cc2ccccc2c1=O. The van der Waals surface area contributed by atoms with Crippen LogP contribution in [0.4, 0.5) is 0 Å². The van der Waals surface area contributed by atoms with Crippen LogP contribution in [-0.2, 0) is 7.05 Å². The minimum absolute atomic E-state index is 0.0481. The largest absolute Gasteiger partial charge is 0.496 e. The first-order chi connectivity index (χ1) is 33.4. The van der Waals surface area contributed by atoms with Crippen molar-refractivity contribution in [2.45, 2.75) is 83.1 Å². The van der Waals surface area contributed by atoms with Crippen LogP contribution in [0.1, 0.15) is 83.1 Å². The Kier molecular flexibility index (Phi) is 28.5. The van der Waals surface area contributed by atoms with Gasteiger partial charge >= 0.3 is 0 Å². The molecule has 360 valence electrons. The maximum atomic E-state index is 12.4. The Labute approximate surface area is 404 Å². The second-order valence-electron chi connectivity index (χ2n) is 12.7. The fourth-order valence-electron chi connectivity index (χ4n) is 6.42. The lowest BCUT2D eigenvalue weighted by Crippen LogP contribution is -2.18. The molecule has 8 nitrogen and oxygen atoms in total. The van der Waals surface area contributed by atoms with Gasteiger partial charge in [0.25, 0.3) is 5.56 Å². The van der Waals surface area contributed by atoms with Crippen LogP contribution in [0.25, 0.3) is 66.6 Å². The minimum Gasteiger partial charge on any atom is -0.496 e. The van der Waals surface area contributed by atoms with Gasteiger partial charge in [-0.3, -0.25) is 14.4 Å². The quantitative estimate of drug-likeness (QED) is 0.169. The van der Waals surface area contributed by atoms with Crippen LogP contribution in [-0.4, -0.2) is 18.8 Å². The number of hydrogen-bond acceptors (Lipinski definition) is 7. The molecule has 9 aromatic rings. The van der Waals surface area contributed by atoms with Crippen molar-refractivity contribution in [3.05, 3.63) is 201 Å². The summed E-state index contributed by atoms with van der Waals surface area (Å²) in [4.78, 5) is 36.9. The van der Waals surface area contributed by atoms with Gasteiger partial charge in [0.15, 0.2) is 11.2 Å². The van der Waals surface area contributed by atoms with E-state index in [0.717, 1.165) is 33.2 Å². The third kappa shape index (κ3) is 15.3. The summed E-state index contributed by atoms with van der Waals surface area (Å²) >= 11 is 0. The standard InChI is InChI=1S/C16H13NO.2C16H12O3.6C2H6/c1-17-15(12-7-3-2-4-8-12)11-13-9-5-6-10-14(13)16(17)18;1-18-16-14(17)12-9-5-6-10-13(12)19-15(16)11-7-3-2-4-8-11;1-18-13-8-5-9-14-16(13)12(17)10-15(19-14)11-6-3-2-4-7-11;6*1-2/h2-11H,1H3;2*2-10H,1H3;6*1-2H3. The Bertz CT molecular complexity index is 2950. The molecule has 0 amide bonds. The van der Waals surface area contributed by atoms with E-state index in [1.807, 2.05) is 211 Å². The fraction of sp³-hybridized carbons (Fsp3) is 0.250. The molecule has 0 N–H and O–H groups in total. The fourth-order valence-corrected chi connectivity index (χ4v) is 6.42. The van der Waals surface area contributed by atoms with Crippen molar-refractivity contribution in [2.24, 2.45) is 7.05 Å². The van der Waals surface area contributed by atoms with Crippen LogP contribution in [0.3, 0.4) is 0 Å². The molecule has 9 rings (SSSR count). The number of hydrogen-bond donors (Lipinski definition) is 0. The molecule has 6 aromatic carbocycles. The molecule has 0 aliphatic heterocycles. The highest BCUT2D eigenvalue weighted by molar-refractivity contribution is 5.86. The van der Waals surface area contributed by atoms with Crippen molar-refractivity contribution < 1.29 is 18.3 Å². The van der Waals surface area contributed by atoms with Gasteiger partial charge in [0, 0.05) is 29.6 Å². The highest BCUT2D eigenvalue weighted by Crippen LogP contribution is 2.30. The van der Waals surface area contributed by atoms with Gasteiger partial charge in [-0.1, -0.05) is 210 Å². The van der Waals surface area contributed by atoms with Crippen LogP contribution < -0.4 is 25.9 Å². The highest BCUT2D eigenvalue weighted by atomic mass is 16.5. The van der Waals surface area contributed by atoms with Crippen LogP contribution in [0.5, 0.6) is 11.5 Å². The number of rotatable bonds is 5. The lowest BCUT2D eigenvalue weighted by molar-refractivity contribution is 0.399. The molecule has 0 spiro atoms. The van der Waals surface area contributed by atoms with E-state index in [4.69, 9.17) is 18.3 Å². The molecule has 3 heterocycles. The maximum Gasteiger partial charge on any atom is 0.258 e. The molecule has 0 aliphatic rings. The molecule has 8 heteroatoms. The van der Waals surface area contributed by atoms with Crippen LogP contribution >= 0.6 is 0 Å². The van der Waals surface area contributed by atoms with Crippen molar-refractivity contribution in [1.29, 1.82) is 0 Å². The number of benzene rings is 6. The summed E-state index contributed by atoms with van der Waals surface area (Å²) in [6.07, 6.45) is 0. The first kappa shape index (κ1) is 58.6. The predicted molar refractivity (Wildman–Crippen MR) is 292 cm³/mol. The second kappa shape index (κ2) is 33.1.